The summed E-state index contributed by atoms with van der Waals surface area (Å²) in [6.45, 7) is 2.17. The largest absolute Gasteiger partial charge is 0.354 e. The van der Waals surface area contributed by atoms with Crippen molar-refractivity contribution < 1.29 is 4.79 Å². The minimum atomic E-state index is -0.676. The van der Waals surface area contributed by atoms with Gasteiger partial charge in [0.25, 0.3) is 5.56 Å². The summed E-state index contributed by atoms with van der Waals surface area (Å²) in [6, 6.07) is 10.1. The van der Waals surface area contributed by atoms with Gasteiger partial charge in [-0.15, -0.1) is 11.3 Å². The molecule has 3 aromatic heterocycles. The summed E-state index contributed by atoms with van der Waals surface area (Å²) in [4.78, 5) is 29.4. The van der Waals surface area contributed by atoms with Crippen LogP contribution in [0.1, 0.15) is 18.5 Å². The van der Waals surface area contributed by atoms with Gasteiger partial charge in [-0.1, -0.05) is 6.07 Å². The van der Waals surface area contributed by atoms with E-state index in [2.05, 4.69) is 15.4 Å². The van der Waals surface area contributed by atoms with Crippen LogP contribution < -0.4 is 10.9 Å². The van der Waals surface area contributed by atoms with Crippen LogP contribution in [0, 0.1) is 0 Å². The van der Waals surface area contributed by atoms with E-state index < -0.39 is 6.04 Å². The van der Waals surface area contributed by atoms with Crippen LogP contribution in [0.4, 0.5) is 0 Å². The maximum atomic E-state index is 12.4. The van der Waals surface area contributed by atoms with Gasteiger partial charge >= 0.3 is 0 Å². The van der Waals surface area contributed by atoms with Crippen molar-refractivity contribution in [2.75, 3.05) is 6.54 Å². The van der Waals surface area contributed by atoms with Crippen LogP contribution in [0.2, 0.25) is 0 Å². The quantitative estimate of drug-likeness (QED) is 0.737. The number of hydrogen-bond acceptors (Lipinski definition) is 5. The number of nitrogens with one attached hydrogen (secondary N) is 1. The van der Waals surface area contributed by atoms with Gasteiger partial charge in [0, 0.05) is 25.0 Å². The van der Waals surface area contributed by atoms with Crippen molar-refractivity contribution in [2.24, 2.45) is 0 Å². The maximum absolute atomic E-state index is 12.4. The molecule has 0 saturated carbocycles. The first kappa shape index (κ1) is 17.0. The molecule has 0 spiro atoms. The minimum Gasteiger partial charge on any atom is -0.354 e. The number of amides is 1. The molecule has 3 heterocycles. The van der Waals surface area contributed by atoms with Crippen LogP contribution in [-0.4, -0.2) is 27.2 Å². The summed E-state index contributed by atoms with van der Waals surface area (Å²) in [5.74, 6) is -0.230. The molecule has 1 atom stereocenters. The summed E-state index contributed by atoms with van der Waals surface area (Å²) in [5, 5.41) is 9.15. The van der Waals surface area contributed by atoms with Gasteiger partial charge < -0.3 is 5.32 Å². The first-order valence-corrected chi connectivity index (χ1v) is 8.83. The molecule has 128 valence electrons. The first-order chi connectivity index (χ1) is 12.1. The molecule has 0 aliphatic rings. The molecule has 0 aliphatic heterocycles. The number of carbonyl (C=O) groups is 1. The highest BCUT2D eigenvalue weighted by Gasteiger charge is 2.17. The first-order valence-electron chi connectivity index (χ1n) is 7.95. The average Bonchev–Trinajstić information content (AvgIpc) is 3.17. The Hall–Kier alpha value is -2.80. The van der Waals surface area contributed by atoms with Gasteiger partial charge in [-0.05, 0) is 48.6 Å². The molecule has 0 radical (unpaired) electrons. The van der Waals surface area contributed by atoms with Gasteiger partial charge in [-0.3, -0.25) is 14.6 Å². The second-order valence-corrected chi connectivity index (χ2v) is 6.50. The molecule has 1 N–H and O–H groups in total. The number of pyridine rings is 1. The van der Waals surface area contributed by atoms with E-state index in [4.69, 9.17) is 0 Å². The Kier molecular flexibility index (Phi) is 5.35. The molecule has 1 unspecified atom stereocenters. The Labute approximate surface area is 149 Å². The molecule has 1 amide bonds. The molecule has 3 rings (SSSR count). The Morgan fingerprint density at radius 3 is 2.76 bits per heavy atom. The van der Waals surface area contributed by atoms with Gasteiger partial charge in [0.1, 0.15) is 11.7 Å². The van der Waals surface area contributed by atoms with Crippen molar-refractivity contribution in [3.63, 3.8) is 0 Å². The van der Waals surface area contributed by atoms with E-state index in [1.54, 1.807) is 25.4 Å². The lowest BCUT2D eigenvalue weighted by atomic mass is 10.2. The molecular weight excluding hydrogens is 336 g/mol. The second kappa shape index (κ2) is 7.85. The van der Waals surface area contributed by atoms with E-state index in [1.165, 1.54) is 22.1 Å². The fraction of sp³-hybridized carbons (Fsp3) is 0.222. The van der Waals surface area contributed by atoms with Crippen molar-refractivity contribution in [3.8, 4) is 10.6 Å². The Bertz CT molecular complexity index is 891. The average molecular weight is 354 g/mol. The molecule has 0 bridgehead atoms. The van der Waals surface area contributed by atoms with E-state index >= 15 is 0 Å². The number of thiophene rings is 1. The van der Waals surface area contributed by atoms with Crippen molar-refractivity contribution >= 4 is 17.2 Å². The third-order valence-electron chi connectivity index (χ3n) is 3.81. The molecule has 0 saturated heterocycles. The van der Waals surface area contributed by atoms with E-state index in [9.17, 15) is 9.59 Å². The lowest BCUT2D eigenvalue weighted by Gasteiger charge is -2.14. The molecule has 0 aliphatic carbocycles. The summed E-state index contributed by atoms with van der Waals surface area (Å²) in [7, 11) is 0. The van der Waals surface area contributed by atoms with Crippen molar-refractivity contribution in [2.45, 2.75) is 19.4 Å². The van der Waals surface area contributed by atoms with Gasteiger partial charge in [-0.25, -0.2) is 4.68 Å². The smallest absolute Gasteiger partial charge is 0.267 e. The number of rotatable bonds is 6. The SMILES string of the molecule is CC(C(=O)NCCc1ccncc1)n1nc(-c2cccs2)ccc1=O. The van der Waals surface area contributed by atoms with Crippen LogP contribution in [0.3, 0.4) is 0 Å². The highest BCUT2D eigenvalue weighted by Crippen LogP contribution is 2.21. The molecule has 0 aromatic carbocycles. The van der Waals surface area contributed by atoms with E-state index in [-0.39, 0.29) is 11.5 Å². The maximum Gasteiger partial charge on any atom is 0.267 e. The summed E-state index contributed by atoms with van der Waals surface area (Å²) < 4.78 is 1.23. The molecule has 7 heteroatoms. The number of aromatic nitrogens is 3. The van der Waals surface area contributed by atoms with E-state index in [0.717, 1.165) is 10.4 Å². The number of hydrogen-bond donors (Lipinski definition) is 1. The van der Waals surface area contributed by atoms with E-state index in [0.29, 0.717) is 18.7 Å². The Balaban J connectivity index is 1.67. The number of nitrogens with zero attached hydrogens (tertiary/aromatic N) is 3. The van der Waals surface area contributed by atoms with Crippen LogP contribution in [0.15, 0.2) is 59.0 Å². The van der Waals surface area contributed by atoms with Gasteiger partial charge in [-0.2, -0.15) is 5.10 Å². The molecule has 25 heavy (non-hydrogen) atoms. The fourth-order valence-electron chi connectivity index (χ4n) is 2.40. The lowest BCUT2D eigenvalue weighted by molar-refractivity contribution is -0.124. The van der Waals surface area contributed by atoms with E-state index in [1.807, 2.05) is 29.6 Å². The molecule has 3 aromatic rings. The van der Waals surface area contributed by atoms with Crippen molar-refractivity contribution in [1.82, 2.24) is 20.1 Å². The van der Waals surface area contributed by atoms with Crippen LogP contribution in [0.5, 0.6) is 0 Å². The predicted molar refractivity (Wildman–Crippen MR) is 97.5 cm³/mol. The predicted octanol–water partition coefficient (Wildman–Crippen LogP) is 2.29. The molecular formula is C18H18N4O2S. The normalized spacial score (nSPS) is 11.9. The van der Waals surface area contributed by atoms with Crippen molar-refractivity contribution in [1.29, 1.82) is 0 Å². The standard InChI is InChI=1S/C18H18N4O2S/c1-13(18(24)20-11-8-14-6-9-19-10-7-14)22-17(23)5-4-15(21-22)16-3-2-12-25-16/h2-7,9-10,12-13H,8,11H2,1H3,(H,20,24). The topological polar surface area (TPSA) is 76.9 Å². The molecule has 6 nitrogen and oxygen atoms in total. The summed E-state index contributed by atoms with van der Waals surface area (Å²) in [6.07, 6.45) is 4.15. The second-order valence-electron chi connectivity index (χ2n) is 5.55. The number of carbonyl (C=O) groups excluding carboxylic acids is 1. The van der Waals surface area contributed by atoms with Crippen molar-refractivity contribution in [3.05, 3.63) is 70.1 Å². The summed E-state index contributed by atoms with van der Waals surface area (Å²) >= 11 is 1.54. The zero-order valence-electron chi connectivity index (χ0n) is 13.8. The highest BCUT2D eigenvalue weighted by atomic mass is 32.1. The summed E-state index contributed by atoms with van der Waals surface area (Å²) in [5.41, 5.74) is 1.49. The molecule has 0 fully saturated rings. The van der Waals surface area contributed by atoms with Gasteiger partial charge in [0.05, 0.1) is 4.88 Å². The van der Waals surface area contributed by atoms with Gasteiger partial charge in [0.15, 0.2) is 0 Å². The minimum absolute atomic E-state index is 0.230. The van der Waals surface area contributed by atoms with Crippen LogP contribution >= 0.6 is 11.3 Å². The lowest BCUT2D eigenvalue weighted by Crippen LogP contribution is -2.37. The van der Waals surface area contributed by atoms with Gasteiger partial charge in [0.2, 0.25) is 5.91 Å². The van der Waals surface area contributed by atoms with Crippen LogP contribution in [-0.2, 0) is 11.2 Å². The van der Waals surface area contributed by atoms with Crippen LogP contribution in [0.25, 0.3) is 10.6 Å². The third kappa shape index (κ3) is 4.19. The Morgan fingerprint density at radius 1 is 1.24 bits per heavy atom. The third-order valence-corrected chi connectivity index (χ3v) is 4.70. The highest BCUT2D eigenvalue weighted by molar-refractivity contribution is 7.13. The fourth-order valence-corrected chi connectivity index (χ4v) is 3.09. The zero-order chi connectivity index (χ0) is 17.6. The monoisotopic (exact) mass is 354 g/mol. The Morgan fingerprint density at radius 2 is 2.04 bits per heavy atom. The zero-order valence-corrected chi connectivity index (χ0v) is 14.6.